The molecule has 2 aliphatic rings. The molecule has 2 aliphatic heterocycles. The van der Waals surface area contributed by atoms with Crippen LogP contribution in [0.3, 0.4) is 0 Å². The molecule has 8 heteroatoms. The van der Waals surface area contributed by atoms with Gasteiger partial charge < -0.3 is 19.7 Å². The first-order valence-corrected chi connectivity index (χ1v) is 8.57. The average Bonchev–Trinajstić information content (AvgIpc) is 2.94. The summed E-state index contributed by atoms with van der Waals surface area (Å²) in [5, 5.41) is 3.29. The number of ether oxygens (including phenoxy) is 2. The molecule has 132 valence electrons. The fraction of sp³-hybridized carbons (Fsp3) is 0.529. The molecule has 0 amide bonds. The quantitative estimate of drug-likeness (QED) is 0.880. The van der Waals surface area contributed by atoms with E-state index in [0.717, 1.165) is 31.9 Å². The predicted octanol–water partition coefficient (Wildman–Crippen LogP) is 0.991. The minimum atomic E-state index is -0.286. The Kier molecular flexibility index (Phi) is 4.71. The Hall–Kier alpha value is -2.32. The molecule has 25 heavy (non-hydrogen) atoms. The molecule has 0 bridgehead atoms. The first-order chi connectivity index (χ1) is 12.3. The summed E-state index contributed by atoms with van der Waals surface area (Å²) >= 11 is 0. The highest BCUT2D eigenvalue weighted by Gasteiger charge is 2.43. The van der Waals surface area contributed by atoms with Gasteiger partial charge in [-0.2, -0.15) is 0 Å². The number of nitrogens with zero attached hydrogens (tertiary/aromatic N) is 5. The summed E-state index contributed by atoms with van der Waals surface area (Å²) in [6.45, 7) is 4.38. The topological polar surface area (TPSA) is 85.3 Å². The van der Waals surface area contributed by atoms with Crippen molar-refractivity contribution in [1.82, 2.24) is 19.9 Å². The maximum absolute atomic E-state index is 6.22. The van der Waals surface area contributed by atoms with E-state index in [4.69, 9.17) is 9.47 Å². The van der Waals surface area contributed by atoms with Gasteiger partial charge >= 0.3 is 0 Å². The number of anilines is 2. The van der Waals surface area contributed by atoms with E-state index >= 15 is 0 Å². The number of aromatic nitrogens is 4. The van der Waals surface area contributed by atoms with Crippen molar-refractivity contribution in [3.63, 3.8) is 0 Å². The van der Waals surface area contributed by atoms with E-state index in [1.807, 2.05) is 12.1 Å². The van der Waals surface area contributed by atoms with Gasteiger partial charge in [-0.3, -0.25) is 0 Å². The van der Waals surface area contributed by atoms with E-state index in [-0.39, 0.29) is 5.60 Å². The van der Waals surface area contributed by atoms with Gasteiger partial charge in [-0.15, -0.1) is 0 Å². The highest BCUT2D eigenvalue weighted by Crippen LogP contribution is 2.33. The maximum Gasteiger partial charge on any atom is 0.222 e. The summed E-state index contributed by atoms with van der Waals surface area (Å²) in [6, 6.07) is 3.74. The molecular weight excluding hydrogens is 320 g/mol. The van der Waals surface area contributed by atoms with Crippen molar-refractivity contribution in [1.29, 1.82) is 0 Å². The van der Waals surface area contributed by atoms with Crippen LogP contribution >= 0.6 is 0 Å². The average molecular weight is 342 g/mol. The fourth-order valence-electron chi connectivity index (χ4n) is 3.48. The van der Waals surface area contributed by atoms with Crippen LogP contribution in [-0.4, -0.2) is 65.0 Å². The third-order valence-corrected chi connectivity index (χ3v) is 4.64. The second-order valence-corrected chi connectivity index (χ2v) is 6.56. The van der Waals surface area contributed by atoms with Gasteiger partial charge in [0.1, 0.15) is 17.7 Å². The van der Waals surface area contributed by atoms with Crippen molar-refractivity contribution < 1.29 is 9.47 Å². The molecule has 0 aliphatic carbocycles. The lowest BCUT2D eigenvalue weighted by Gasteiger charge is -2.31. The molecule has 0 saturated carbocycles. The van der Waals surface area contributed by atoms with Gasteiger partial charge in [-0.25, -0.2) is 19.9 Å². The number of nitrogens with one attached hydrogen (secondary N) is 1. The van der Waals surface area contributed by atoms with Crippen molar-refractivity contribution in [3.05, 3.63) is 37.1 Å². The summed E-state index contributed by atoms with van der Waals surface area (Å²) in [7, 11) is 0. The van der Waals surface area contributed by atoms with Crippen molar-refractivity contribution >= 4 is 11.8 Å². The second-order valence-electron chi connectivity index (χ2n) is 6.56. The highest BCUT2D eigenvalue weighted by atomic mass is 16.5. The SMILES string of the molecule is c1cnc(NC[C@@H]2CO[C@]3(COCCN(c4ccncn4)C3)C2)nc1. The Morgan fingerprint density at radius 3 is 3.00 bits per heavy atom. The Morgan fingerprint density at radius 1 is 1.24 bits per heavy atom. The first kappa shape index (κ1) is 16.2. The van der Waals surface area contributed by atoms with Gasteiger partial charge in [0, 0.05) is 37.6 Å². The van der Waals surface area contributed by atoms with Crippen molar-refractivity contribution in [2.24, 2.45) is 5.92 Å². The largest absolute Gasteiger partial charge is 0.377 e. The summed E-state index contributed by atoms with van der Waals surface area (Å²) in [6.07, 6.45) is 7.76. The molecule has 2 fully saturated rings. The molecule has 2 aromatic heterocycles. The number of rotatable bonds is 4. The van der Waals surface area contributed by atoms with Gasteiger partial charge in [-0.05, 0) is 18.6 Å². The molecule has 2 atom stereocenters. The molecule has 2 aromatic rings. The third-order valence-electron chi connectivity index (χ3n) is 4.64. The molecular formula is C17H22N6O2. The zero-order chi connectivity index (χ0) is 17.0. The highest BCUT2D eigenvalue weighted by molar-refractivity contribution is 5.37. The molecule has 0 aromatic carbocycles. The molecule has 1 spiro atoms. The molecule has 0 unspecified atom stereocenters. The van der Waals surface area contributed by atoms with Crippen molar-refractivity contribution in [3.8, 4) is 0 Å². The summed E-state index contributed by atoms with van der Waals surface area (Å²) in [4.78, 5) is 19.0. The van der Waals surface area contributed by atoms with Crippen LogP contribution in [0.15, 0.2) is 37.1 Å². The van der Waals surface area contributed by atoms with E-state index < -0.39 is 0 Å². The van der Waals surface area contributed by atoms with Crippen LogP contribution < -0.4 is 10.2 Å². The summed E-state index contributed by atoms with van der Waals surface area (Å²) < 4.78 is 12.1. The molecule has 4 rings (SSSR count). The van der Waals surface area contributed by atoms with E-state index in [2.05, 4.69) is 30.2 Å². The molecule has 8 nitrogen and oxygen atoms in total. The number of hydrogen-bond donors (Lipinski definition) is 1. The van der Waals surface area contributed by atoms with Crippen LogP contribution in [0.5, 0.6) is 0 Å². The Labute approximate surface area is 146 Å². The van der Waals surface area contributed by atoms with E-state index in [0.29, 0.717) is 31.7 Å². The van der Waals surface area contributed by atoms with Crippen LogP contribution in [0.1, 0.15) is 6.42 Å². The monoisotopic (exact) mass is 342 g/mol. The number of hydrogen-bond acceptors (Lipinski definition) is 8. The molecule has 2 saturated heterocycles. The molecule has 4 heterocycles. The minimum absolute atomic E-state index is 0.286. The lowest BCUT2D eigenvalue weighted by molar-refractivity contribution is -0.0457. The first-order valence-electron chi connectivity index (χ1n) is 8.57. The van der Waals surface area contributed by atoms with Gasteiger partial charge in [0.25, 0.3) is 0 Å². The Morgan fingerprint density at radius 2 is 2.16 bits per heavy atom. The lowest BCUT2D eigenvalue weighted by atomic mass is 9.94. The Bertz CT molecular complexity index is 673. The smallest absolute Gasteiger partial charge is 0.222 e. The minimum Gasteiger partial charge on any atom is -0.377 e. The van der Waals surface area contributed by atoms with Gasteiger partial charge in [-0.1, -0.05) is 0 Å². The van der Waals surface area contributed by atoms with Gasteiger partial charge in [0.15, 0.2) is 0 Å². The van der Waals surface area contributed by atoms with Crippen molar-refractivity contribution in [2.75, 3.05) is 49.7 Å². The zero-order valence-corrected chi connectivity index (χ0v) is 14.0. The molecule has 1 N–H and O–H groups in total. The van der Waals surface area contributed by atoms with Crippen LogP contribution in [0.2, 0.25) is 0 Å². The third kappa shape index (κ3) is 3.85. The van der Waals surface area contributed by atoms with Crippen LogP contribution in [0.4, 0.5) is 11.8 Å². The van der Waals surface area contributed by atoms with Crippen LogP contribution in [-0.2, 0) is 9.47 Å². The van der Waals surface area contributed by atoms with E-state index in [1.165, 1.54) is 0 Å². The molecule has 0 radical (unpaired) electrons. The Balaban J connectivity index is 1.39. The zero-order valence-electron chi connectivity index (χ0n) is 14.0. The standard InChI is InChI=1S/C17H22N6O2/c1-3-19-16(20-4-1)21-9-14-8-17(25-10-14)11-23(6-7-24-12-17)15-2-5-18-13-22-15/h1-5,13-14H,6-12H2,(H,19,20,21)/t14-,17-/m1/s1. The normalized spacial score (nSPS) is 26.6. The van der Waals surface area contributed by atoms with E-state index in [1.54, 1.807) is 24.9 Å². The van der Waals surface area contributed by atoms with Gasteiger partial charge in [0.2, 0.25) is 5.95 Å². The van der Waals surface area contributed by atoms with Crippen LogP contribution in [0, 0.1) is 5.92 Å². The lowest BCUT2D eigenvalue weighted by Crippen LogP contribution is -2.44. The second kappa shape index (κ2) is 7.28. The summed E-state index contributed by atoms with van der Waals surface area (Å²) in [5.74, 6) is 1.98. The predicted molar refractivity (Wildman–Crippen MR) is 92.4 cm³/mol. The van der Waals surface area contributed by atoms with E-state index in [9.17, 15) is 0 Å². The maximum atomic E-state index is 6.22. The van der Waals surface area contributed by atoms with Crippen LogP contribution in [0.25, 0.3) is 0 Å². The fourth-order valence-corrected chi connectivity index (χ4v) is 3.48. The van der Waals surface area contributed by atoms with Gasteiger partial charge in [0.05, 0.1) is 26.4 Å². The summed E-state index contributed by atoms with van der Waals surface area (Å²) in [5.41, 5.74) is -0.286. The van der Waals surface area contributed by atoms with Crippen molar-refractivity contribution in [2.45, 2.75) is 12.0 Å².